The second kappa shape index (κ2) is 8.95. The average molecular weight is 281 g/mol. The number of aryl methyl sites for hydroxylation is 1. The lowest BCUT2D eigenvalue weighted by molar-refractivity contribution is -0.123. The molecule has 0 aliphatic carbocycles. The summed E-state index contributed by atoms with van der Waals surface area (Å²) in [6, 6.07) is -0.213. The molecule has 0 spiro atoms. The minimum absolute atomic E-state index is 0.00691. The molecule has 7 nitrogen and oxygen atoms in total. The van der Waals surface area contributed by atoms with E-state index in [0.29, 0.717) is 19.6 Å². The second-order valence-electron chi connectivity index (χ2n) is 4.78. The van der Waals surface area contributed by atoms with E-state index in [1.165, 1.54) is 0 Å². The van der Waals surface area contributed by atoms with E-state index in [2.05, 4.69) is 20.9 Å². The summed E-state index contributed by atoms with van der Waals surface area (Å²) < 4.78 is 1.96. The fourth-order valence-electron chi connectivity index (χ4n) is 1.51. The van der Waals surface area contributed by atoms with Crippen LogP contribution in [0.2, 0.25) is 0 Å². The molecule has 0 saturated carbocycles. The minimum Gasteiger partial charge on any atom is -0.354 e. The highest BCUT2D eigenvalue weighted by molar-refractivity contribution is 5.78. The van der Waals surface area contributed by atoms with Crippen molar-refractivity contribution in [1.29, 1.82) is 0 Å². The van der Waals surface area contributed by atoms with Crippen molar-refractivity contribution in [3.8, 4) is 0 Å². The van der Waals surface area contributed by atoms with E-state index >= 15 is 0 Å². The monoisotopic (exact) mass is 281 g/mol. The van der Waals surface area contributed by atoms with Gasteiger partial charge in [0.05, 0.1) is 6.33 Å². The van der Waals surface area contributed by atoms with E-state index in [-0.39, 0.29) is 17.9 Å². The molecule has 0 aromatic carbocycles. The van der Waals surface area contributed by atoms with Gasteiger partial charge in [0.15, 0.2) is 0 Å². The smallest absolute Gasteiger partial charge is 0.314 e. The van der Waals surface area contributed by atoms with Crippen molar-refractivity contribution in [2.45, 2.75) is 26.8 Å². The molecule has 0 atom stereocenters. The van der Waals surface area contributed by atoms with Crippen LogP contribution in [0.15, 0.2) is 18.7 Å². The molecule has 1 heterocycles. The highest BCUT2D eigenvalue weighted by Crippen LogP contribution is 1.89. The largest absolute Gasteiger partial charge is 0.354 e. The number of hydrogen-bond donors (Lipinski definition) is 3. The summed E-state index contributed by atoms with van der Waals surface area (Å²) in [6.07, 6.45) is 6.20. The van der Waals surface area contributed by atoms with Gasteiger partial charge in [0.25, 0.3) is 0 Å². The third-order valence-electron chi connectivity index (χ3n) is 2.67. The molecule has 1 rings (SSSR count). The van der Waals surface area contributed by atoms with Crippen molar-refractivity contribution in [3.05, 3.63) is 18.7 Å². The zero-order valence-corrected chi connectivity index (χ0v) is 12.1. The number of hydrogen-bond acceptors (Lipinski definition) is 3. The van der Waals surface area contributed by atoms with Crippen molar-refractivity contribution in [3.63, 3.8) is 0 Å². The van der Waals surface area contributed by atoms with Crippen LogP contribution >= 0.6 is 0 Å². The first kappa shape index (κ1) is 16.0. The zero-order valence-electron chi connectivity index (χ0n) is 12.1. The Labute approximate surface area is 119 Å². The van der Waals surface area contributed by atoms with Crippen molar-refractivity contribution < 1.29 is 9.59 Å². The van der Waals surface area contributed by atoms with Gasteiger partial charge in [0.2, 0.25) is 5.91 Å². The molecule has 1 aromatic rings. The predicted octanol–water partition coefficient (Wildman–Crippen LogP) is 0.345. The topological polar surface area (TPSA) is 88.0 Å². The third-order valence-corrected chi connectivity index (χ3v) is 2.67. The van der Waals surface area contributed by atoms with Gasteiger partial charge in [-0.1, -0.05) is 13.8 Å². The van der Waals surface area contributed by atoms with Crippen molar-refractivity contribution in [2.75, 3.05) is 19.6 Å². The molecule has 20 heavy (non-hydrogen) atoms. The first-order valence-electron chi connectivity index (χ1n) is 6.84. The van der Waals surface area contributed by atoms with Gasteiger partial charge in [-0.3, -0.25) is 4.79 Å². The maximum absolute atomic E-state index is 11.4. The van der Waals surface area contributed by atoms with Crippen molar-refractivity contribution in [2.24, 2.45) is 5.92 Å². The molecule has 3 N–H and O–H groups in total. The molecule has 112 valence electrons. The van der Waals surface area contributed by atoms with E-state index in [4.69, 9.17) is 0 Å². The molecular formula is C13H23N5O2. The molecular weight excluding hydrogens is 258 g/mol. The number of amides is 3. The Bertz CT molecular complexity index is 403. The van der Waals surface area contributed by atoms with Crippen LogP contribution in [0.4, 0.5) is 4.79 Å². The lowest BCUT2D eigenvalue weighted by Gasteiger charge is -2.10. The Morgan fingerprint density at radius 2 is 1.85 bits per heavy atom. The SMILES string of the molecule is CC(C)C(=O)NCCNC(=O)NCCCn1ccnc1. The maximum Gasteiger partial charge on any atom is 0.314 e. The highest BCUT2D eigenvalue weighted by Gasteiger charge is 2.05. The summed E-state index contributed by atoms with van der Waals surface area (Å²) in [5, 5.41) is 8.18. The number of carbonyl (C=O) groups excluding carboxylic acids is 2. The van der Waals surface area contributed by atoms with Gasteiger partial charge in [-0.25, -0.2) is 9.78 Å². The maximum atomic E-state index is 11.4. The summed E-state index contributed by atoms with van der Waals surface area (Å²) in [5.41, 5.74) is 0. The van der Waals surface area contributed by atoms with Gasteiger partial charge < -0.3 is 20.5 Å². The lowest BCUT2D eigenvalue weighted by atomic mass is 10.2. The minimum atomic E-state index is -0.213. The first-order valence-corrected chi connectivity index (χ1v) is 6.84. The van der Waals surface area contributed by atoms with E-state index < -0.39 is 0 Å². The number of aromatic nitrogens is 2. The van der Waals surface area contributed by atoms with Gasteiger partial charge in [0.1, 0.15) is 0 Å². The van der Waals surface area contributed by atoms with E-state index in [0.717, 1.165) is 13.0 Å². The first-order chi connectivity index (χ1) is 9.59. The molecule has 0 radical (unpaired) electrons. The van der Waals surface area contributed by atoms with Crippen LogP contribution in [-0.2, 0) is 11.3 Å². The van der Waals surface area contributed by atoms with Crippen molar-refractivity contribution >= 4 is 11.9 Å². The standard InChI is InChI=1S/C13H23N5O2/c1-11(2)12(19)15-5-6-17-13(20)16-4-3-8-18-9-7-14-10-18/h7,9-11H,3-6,8H2,1-2H3,(H,15,19)(H2,16,17,20). The van der Waals surface area contributed by atoms with E-state index in [1.807, 2.05) is 24.6 Å². The van der Waals surface area contributed by atoms with Gasteiger partial charge >= 0.3 is 6.03 Å². The Hall–Kier alpha value is -2.05. The average Bonchev–Trinajstić information content (AvgIpc) is 2.92. The lowest BCUT2D eigenvalue weighted by Crippen LogP contribution is -2.41. The van der Waals surface area contributed by atoms with E-state index in [1.54, 1.807) is 12.5 Å². The molecule has 0 aliphatic heterocycles. The van der Waals surface area contributed by atoms with Gasteiger partial charge in [0, 0.05) is 44.5 Å². The van der Waals surface area contributed by atoms with Crippen LogP contribution in [-0.4, -0.2) is 41.1 Å². The third kappa shape index (κ3) is 6.77. The van der Waals surface area contributed by atoms with Crippen LogP contribution in [0, 0.1) is 5.92 Å². The Morgan fingerprint density at radius 3 is 2.50 bits per heavy atom. The number of nitrogens with one attached hydrogen (secondary N) is 3. The summed E-state index contributed by atoms with van der Waals surface area (Å²) in [7, 11) is 0. The van der Waals surface area contributed by atoms with Crippen LogP contribution in [0.5, 0.6) is 0 Å². The Balaban J connectivity index is 1.96. The Kier molecular flexibility index (Phi) is 7.16. The summed E-state index contributed by atoms with van der Waals surface area (Å²) in [6.45, 7) is 5.95. The molecule has 0 bridgehead atoms. The summed E-state index contributed by atoms with van der Waals surface area (Å²) in [5.74, 6) is -0.0421. The van der Waals surface area contributed by atoms with Crippen LogP contribution in [0.3, 0.4) is 0 Å². The number of rotatable bonds is 8. The quantitative estimate of drug-likeness (QED) is 0.601. The molecule has 7 heteroatoms. The highest BCUT2D eigenvalue weighted by atomic mass is 16.2. The molecule has 0 fully saturated rings. The van der Waals surface area contributed by atoms with Crippen molar-refractivity contribution in [1.82, 2.24) is 25.5 Å². The molecule has 0 aliphatic rings. The summed E-state index contributed by atoms with van der Waals surface area (Å²) >= 11 is 0. The van der Waals surface area contributed by atoms with Gasteiger partial charge in [-0.2, -0.15) is 0 Å². The number of imidazole rings is 1. The van der Waals surface area contributed by atoms with Crippen LogP contribution < -0.4 is 16.0 Å². The van der Waals surface area contributed by atoms with Crippen LogP contribution in [0.1, 0.15) is 20.3 Å². The molecule has 1 aromatic heterocycles. The normalized spacial score (nSPS) is 10.3. The predicted molar refractivity (Wildman–Crippen MR) is 76.1 cm³/mol. The number of urea groups is 1. The fourth-order valence-corrected chi connectivity index (χ4v) is 1.51. The molecule has 0 saturated heterocycles. The Morgan fingerprint density at radius 1 is 1.15 bits per heavy atom. The molecule has 0 unspecified atom stereocenters. The number of nitrogens with zero attached hydrogens (tertiary/aromatic N) is 2. The second-order valence-corrected chi connectivity index (χ2v) is 4.78. The van der Waals surface area contributed by atoms with Crippen LogP contribution in [0.25, 0.3) is 0 Å². The summed E-state index contributed by atoms with van der Waals surface area (Å²) in [4.78, 5) is 26.6. The van der Waals surface area contributed by atoms with Gasteiger partial charge in [-0.15, -0.1) is 0 Å². The molecule has 3 amide bonds. The van der Waals surface area contributed by atoms with Gasteiger partial charge in [-0.05, 0) is 6.42 Å². The fraction of sp³-hybridized carbons (Fsp3) is 0.615. The van der Waals surface area contributed by atoms with E-state index in [9.17, 15) is 9.59 Å². The number of carbonyl (C=O) groups is 2. The zero-order chi connectivity index (χ0) is 14.8.